The number of aliphatic imine (C=N–C) groups is 3. The lowest BCUT2D eigenvalue weighted by Crippen LogP contribution is -2.62. The molecular weight excluding hydrogens is 1050 g/mol. The molecule has 0 spiro atoms. The standard InChI is InChI=1S/C49H93N19O12/c1-9-26(7)36(67-38(71)28(50)14-11-17-58-47(52)53)45(78)66-34(23-69)43(76)64-33(22-35(51)70)41(74)61-29(15-12-18-59-48(54)55)39(72)63-32(21-25(5)6)42(75)68-37(27(8)10-2)44(77)65-31(20-24(3)4)40(73)62-30(46(79)80)16-13-19-60-49(56)57/h24-34,36-37,69H,9-23,50H2,1-8H3,(H2,51,70)(H,61,74)(H,62,73)(H,63,72)(H,64,76)(H,65,77)(H,66,78)(H,67,71)(H,68,75)(H,79,80)(H4,52,53,58)(H4,54,55,59)(H4,56,57,60)/t26-,27-,28-,29-,30-,31-,32-,33-,34-,36-,37-/m0/s1. The molecule has 0 heterocycles. The molecule has 31 heteroatoms. The second-order valence-corrected chi connectivity index (χ2v) is 20.5. The summed E-state index contributed by atoms with van der Waals surface area (Å²) >= 11 is 0. The van der Waals surface area contributed by atoms with Crippen LogP contribution in [0.2, 0.25) is 0 Å². The van der Waals surface area contributed by atoms with Gasteiger partial charge in [0.1, 0.15) is 48.3 Å². The molecule has 0 aromatic carbocycles. The van der Waals surface area contributed by atoms with E-state index in [1.807, 2.05) is 0 Å². The van der Waals surface area contributed by atoms with E-state index in [4.69, 9.17) is 45.9 Å². The first kappa shape index (κ1) is 72.4. The first-order valence-electron chi connectivity index (χ1n) is 26.9. The van der Waals surface area contributed by atoms with E-state index in [1.165, 1.54) is 0 Å². The van der Waals surface area contributed by atoms with Crippen LogP contribution in [0, 0.1) is 23.7 Å². The van der Waals surface area contributed by atoms with E-state index in [-0.39, 0.29) is 94.3 Å². The number of aliphatic hydroxyl groups is 1. The van der Waals surface area contributed by atoms with Crippen molar-refractivity contribution in [3.63, 3.8) is 0 Å². The highest BCUT2D eigenvalue weighted by Gasteiger charge is 2.37. The summed E-state index contributed by atoms with van der Waals surface area (Å²) in [5.74, 6) is -11.6. The number of carboxylic acids is 1. The minimum Gasteiger partial charge on any atom is -0.480 e. The molecule has 9 amide bonds. The molecule has 0 aliphatic carbocycles. The zero-order chi connectivity index (χ0) is 61.4. The monoisotopic (exact) mass is 1140 g/mol. The Morgan fingerprint density at radius 2 is 0.750 bits per heavy atom. The lowest BCUT2D eigenvalue weighted by Gasteiger charge is -2.30. The number of carboxylic acid groups (broad SMARTS) is 1. The average molecular weight is 1140 g/mol. The summed E-state index contributed by atoms with van der Waals surface area (Å²) in [7, 11) is 0. The fourth-order valence-electron chi connectivity index (χ4n) is 7.72. The first-order chi connectivity index (χ1) is 37.4. The molecule has 456 valence electrons. The van der Waals surface area contributed by atoms with Crippen molar-refractivity contribution in [2.45, 2.75) is 180 Å². The summed E-state index contributed by atoms with van der Waals surface area (Å²) in [5.41, 5.74) is 43.9. The predicted molar refractivity (Wildman–Crippen MR) is 300 cm³/mol. The summed E-state index contributed by atoms with van der Waals surface area (Å²) in [6.45, 7) is 13.2. The summed E-state index contributed by atoms with van der Waals surface area (Å²) < 4.78 is 0. The van der Waals surface area contributed by atoms with Gasteiger partial charge in [-0.1, -0.05) is 68.2 Å². The number of nitrogens with zero attached hydrogens (tertiary/aromatic N) is 3. The maximum Gasteiger partial charge on any atom is 0.326 e. The minimum atomic E-state index is -1.81. The van der Waals surface area contributed by atoms with E-state index in [2.05, 4.69) is 57.5 Å². The van der Waals surface area contributed by atoms with Gasteiger partial charge in [0.05, 0.1) is 19.1 Å². The molecule has 26 N–H and O–H groups in total. The summed E-state index contributed by atoms with van der Waals surface area (Å²) in [6, 6.07) is -12.6. The molecule has 31 nitrogen and oxygen atoms in total. The zero-order valence-electron chi connectivity index (χ0n) is 47.5. The van der Waals surface area contributed by atoms with Crippen molar-refractivity contribution in [3.8, 4) is 0 Å². The number of carbonyl (C=O) groups excluding carboxylic acids is 9. The number of nitrogens with two attached hydrogens (primary N) is 8. The maximum absolute atomic E-state index is 14.3. The lowest BCUT2D eigenvalue weighted by atomic mass is 9.95. The number of nitrogens with one attached hydrogen (secondary N) is 8. The first-order valence-corrected chi connectivity index (χ1v) is 26.9. The number of aliphatic carboxylic acids is 1. The van der Waals surface area contributed by atoms with Crippen LogP contribution in [0.5, 0.6) is 0 Å². The molecule has 0 aliphatic rings. The number of amides is 9. The van der Waals surface area contributed by atoms with Crippen molar-refractivity contribution in [2.75, 3.05) is 26.2 Å². The summed E-state index contributed by atoms with van der Waals surface area (Å²) in [6.07, 6.45) is 0.549. The van der Waals surface area contributed by atoms with Crippen molar-refractivity contribution >= 4 is 77.0 Å². The summed E-state index contributed by atoms with van der Waals surface area (Å²) in [5, 5.41) is 40.3. The highest BCUT2D eigenvalue weighted by Crippen LogP contribution is 2.15. The SMILES string of the molecule is CC[C@H](C)[C@H](NC(=O)[C@H](CC(C)C)NC(=O)[C@H](CCCN=C(N)N)NC(=O)[C@H](CC(N)=O)NC(=O)[C@H](CO)NC(=O)[C@@H](NC(=O)[C@@H](N)CCCN=C(N)N)[C@@H](C)CC)C(=O)N[C@@H](CC(C)C)C(=O)N[C@@H](CCCN=C(N)N)C(=O)O. The van der Waals surface area contributed by atoms with E-state index in [9.17, 15) is 58.2 Å². The maximum atomic E-state index is 14.3. The van der Waals surface area contributed by atoms with E-state index in [1.54, 1.807) is 55.4 Å². The Labute approximate surface area is 467 Å². The molecule has 0 aromatic heterocycles. The van der Waals surface area contributed by atoms with Crippen molar-refractivity contribution in [3.05, 3.63) is 0 Å². The van der Waals surface area contributed by atoms with Gasteiger partial charge in [-0.05, 0) is 75.0 Å². The predicted octanol–water partition coefficient (Wildman–Crippen LogP) is -5.51. The molecule has 0 saturated heterocycles. The second-order valence-electron chi connectivity index (χ2n) is 20.5. The van der Waals surface area contributed by atoms with Crippen molar-refractivity contribution in [1.82, 2.24) is 42.5 Å². The molecule has 0 rings (SSSR count). The third kappa shape index (κ3) is 29.4. The number of hydrogen-bond donors (Lipinski definition) is 18. The molecule has 11 atom stereocenters. The number of primary amides is 1. The Morgan fingerprint density at radius 1 is 0.425 bits per heavy atom. The van der Waals surface area contributed by atoms with Gasteiger partial charge in [0.2, 0.25) is 53.2 Å². The van der Waals surface area contributed by atoms with Gasteiger partial charge in [0.15, 0.2) is 17.9 Å². The molecule has 0 unspecified atom stereocenters. The van der Waals surface area contributed by atoms with Gasteiger partial charge in [-0.25, -0.2) is 4.79 Å². The van der Waals surface area contributed by atoms with Crippen LogP contribution in [0.25, 0.3) is 0 Å². The van der Waals surface area contributed by atoms with E-state index >= 15 is 0 Å². The van der Waals surface area contributed by atoms with Crippen LogP contribution in [0.4, 0.5) is 0 Å². The molecule has 0 saturated carbocycles. The Bertz CT molecular complexity index is 2130. The number of aliphatic hydroxyl groups excluding tert-OH is 1. The van der Waals surface area contributed by atoms with Gasteiger partial charge in [0.25, 0.3) is 0 Å². The minimum absolute atomic E-state index is 0.00290. The quantitative estimate of drug-likeness (QED) is 0.0155. The largest absolute Gasteiger partial charge is 0.480 e. The molecule has 0 aromatic rings. The Hall–Kier alpha value is -7.57. The Kier molecular flexibility index (Phi) is 34.5. The highest BCUT2D eigenvalue weighted by atomic mass is 16.4. The number of guanidine groups is 3. The molecule has 0 bridgehead atoms. The third-order valence-corrected chi connectivity index (χ3v) is 12.6. The van der Waals surface area contributed by atoms with Gasteiger partial charge < -0.3 is 98.6 Å². The van der Waals surface area contributed by atoms with Crippen molar-refractivity contribution in [2.24, 2.45) is 84.5 Å². The fraction of sp³-hybridized carbons (Fsp3) is 0.735. The van der Waals surface area contributed by atoms with E-state index in [0.717, 1.165) is 0 Å². The van der Waals surface area contributed by atoms with Crippen LogP contribution in [-0.2, 0) is 47.9 Å². The molecule has 0 fully saturated rings. The lowest BCUT2D eigenvalue weighted by molar-refractivity contribution is -0.142. The van der Waals surface area contributed by atoms with Gasteiger partial charge in [-0.2, -0.15) is 0 Å². The normalized spacial score (nSPS) is 15.2. The van der Waals surface area contributed by atoms with Gasteiger partial charge in [-0.3, -0.25) is 58.1 Å². The molecule has 0 aliphatic heterocycles. The number of hydrogen-bond acceptors (Lipinski definition) is 15. The average Bonchev–Trinajstić information content (AvgIpc) is 3.36. The molecule has 0 radical (unpaired) electrons. The van der Waals surface area contributed by atoms with E-state index < -0.39 is 138 Å². The van der Waals surface area contributed by atoms with Crippen LogP contribution in [0.3, 0.4) is 0 Å². The van der Waals surface area contributed by atoms with Crippen LogP contribution < -0.4 is 88.4 Å². The van der Waals surface area contributed by atoms with Crippen molar-refractivity contribution in [1.29, 1.82) is 0 Å². The summed E-state index contributed by atoms with van der Waals surface area (Å²) in [4.78, 5) is 147. The number of rotatable bonds is 40. The number of carbonyl (C=O) groups is 10. The van der Waals surface area contributed by atoms with Gasteiger partial charge in [-0.15, -0.1) is 0 Å². The third-order valence-electron chi connectivity index (χ3n) is 12.6. The second kappa shape index (κ2) is 38.1. The Balaban J connectivity index is 6.75. The van der Waals surface area contributed by atoms with Crippen LogP contribution >= 0.6 is 0 Å². The van der Waals surface area contributed by atoms with Gasteiger partial charge in [0, 0.05) is 19.6 Å². The van der Waals surface area contributed by atoms with Crippen LogP contribution in [0.15, 0.2) is 15.0 Å². The fourth-order valence-corrected chi connectivity index (χ4v) is 7.72. The van der Waals surface area contributed by atoms with Gasteiger partial charge >= 0.3 is 5.97 Å². The molecular formula is C49H93N19O12. The van der Waals surface area contributed by atoms with Crippen LogP contribution in [-0.4, -0.2) is 168 Å². The smallest absolute Gasteiger partial charge is 0.326 e. The molecule has 80 heavy (non-hydrogen) atoms. The van der Waals surface area contributed by atoms with Crippen molar-refractivity contribution < 1.29 is 58.2 Å². The zero-order valence-corrected chi connectivity index (χ0v) is 47.5. The topological polar surface area (TPSA) is 553 Å². The highest BCUT2D eigenvalue weighted by molar-refractivity contribution is 5.99. The van der Waals surface area contributed by atoms with Crippen LogP contribution in [0.1, 0.15) is 126 Å². The Morgan fingerprint density at radius 3 is 1.15 bits per heavy atom. The van der Waals surface area contributed by atoms with E-state index in [0.29, 0.717) is 19.3 Å².